The fourth-order valence-electron chi connectivity index (χ4n) is 5.44. The minimum absolute atomic E-state index is 0.0112. The van der Waals surface area contributed by atoms with Gasteiger partial charge in [-0.2, -0.15) is 5.26 Å². The van der Waals surface area contributed by atoms with Gasteiger partial charge in [-0.25, -0.2) is 0 Å². The first kappa shape index (κ1) is 20.7. The standard InChI is InChI=1S/C25H26N2O2S2/c1-14-8-9-30-23(14)16-10-21(29)27(18-11-25(2,3)12-19(28)22(16)18)24-17(13-26)15-6-4-5-7-20(15)31-24/h8-9,16H,4-7,10-12H2,1-3H3. The number of ketones is 1. The molecular weight excluding hydrogens is 424 g/mol. The average Bonchev–Trinajstić information content (AvgIpc) is 3.29. The van der Waals surface area contributed by atoms with Crippen LogP contribution in [0.15, 0.2) is 22.7 Å². The number of carbonyl (C=O) groups excluding carboxylic acids is 2. The van der Waals surface area contributed by atoms with Crippen molar-refractivity contribution in [3.8, 4) is 6.07 Å². The van der Waals surface area contributed by atoms with E-state index in [0.717, 1.165) is 58.0 Å². The Morgan fingerprint density at radius 1 is 1.19 bits per heavy atom. The third-order valence-corrected chi connectivity index (χ3v) is 9.24. The predicted molar refractivity (Wildman–Crippen MR) is 125 cm³/mol. The SMILES string of the molecule is Cc1ccsc1C1CC(=O)N(c2sc3c(c2C#N)CCCC3)C2=C1C(=O)CC(C)(C)C2. The number of allylic oxidation sites excluding steroid dienone is 2. The number of Topliss-reactive ketones (excluding diaryl/α,β-unsaturated/α-hetero) is 1. The minimum Gasteiger partial charge on any atom is -0.294 e. The molecule has 0 aromatic carbocycles. The Balaban J connectivity index is 1.72. The van der Waals surface area contributed by atoms with E-state index in [2.05, 4.69) is 32.9 Å². The molecule has 0 spiro atoms. The van der Waals surface area contributed by atoms with Gasteiger partial charge < -0.3 is 0 Å². The van der Waals surface area contributed by atoms with Crippen LogP contribution in [0.2, 0.25) is 0 Å². The van der Waals surface area contributed by atoms with Gasteiger partial charge in [-0.05, 0) is 67.0 Å². The topological polar surface area (TPSA) is 61.2 Å². The van der Waals surface area contributed by atoms with E-state index in [1.54, 1.807) is 27.6 Å². The minimum atomic E-state index is -0.204. The maximum Gasteiger partial charge on any atom is 0.232 e. The average molecular weight is 451 g/mol. The normalized spacial score (nSPS) is 22.9. The van der Waals surface area contributed by atoms with Crippen LogP contribution in [0.4, 0.5) is 5.00 Å². The number of hydrogen-bond acceptors (Lipinski definition) is 5. The third kappa shape index (κ3) is 3.30. The lowest BCUT2D eigenvalue weighted by atomic mass is 9.70. The Kier molecular flexibility index (Phi) is 4.95. The Bertz CT molecular complexity index is 1170. The second-order valence-electron chi connectivity index (χ2n) is 9.76. The first-order chi connectivity index (χ1) is 14.8. The van der Waals surface area contributed by atoms with Crippen molar-refractivity contribution in [2.24, 2.45) is 5.41 Å². The molecule has 1 aliphatic heterocycles. The molecule has 0 bridgehead atoms. The quantitative estimate of drug-likeness (QED) is 0.561. The summed E-state index contributed by atoms with van der Waals surface area (Å²) >= 11 is 3.23. The molecule has 2 aliphatic carbocycles. The van der Waals surface area contributed by atoms with Gasteiger partial charge in [-0.3, -0.25) is 14.5 Å². The zero-order valence-corrected chi connectivity index (χ0v) is 19.8. The summed E-state index contributed by atoms with van der Waals surface area (Å²) in [5, 5.41) is 12.8. The predicted octanol–water partition coefficient (Wildman–Crippen LogP) is 6.03. The number of carbonyl (C=O) groups is 2. The van der Waals surface area contributed by atoms with Gasteiger partial charge in [0.1, 0.15) is 11.1 Å². The molecule has 31 heavy (non-hydrogen) atoms. The van der Waals surface area contributed by atoms with E-state index < -0.39 is 0 Å². The van der Waals surface area contributed by atoms with E-state index in [-0.39, 0.29) is 23.0 Å². The first-order valence-corrected chi connectivity index (χ1v) is 12.7. The molecule has 2 aromatic heterocycles. The van der Waals surface area contributed by atoms with Gasteiger partial charge in [-0.15, -0.1) is 22.7 Å². The van der Waals surface area contributed by atoms with Crippen LogP contribution in [0.1, 0.15) is 78.3 Å². The first-order valence-electron chi connectivity index (χ1n) is 11.0. The van der Waals surface area contributed by atoms with E-state index in [0.29, 0.717) is 24.8 Å². The van der Waals surface area contributed by atoms with E-state index >= 15 is 0 Å². The fourth-order valence-corrected chi connectivity index (χ4v) is 7.86. The molecule has 160 valence electrons. The molecule has 0 fully saturated rings. The number of fused-ring (bicyclic) bond motifs is 1. The summed E-state index contributed by atoms with van der Waals surface area (Å²) in [6.45, 7) is 6.26. The van der Waals surface area contributed by atoms with Gasteiger partial charge in [0.05, 0.1) is 5.56 Å². The number of rotatable bonds is 2. The van der Waals surface area contributed by atoms with Gasteiger partial charge in [0.25, 0.3) is 0 Å². The largest absolute Gasteiger partial charge is 0.294 e. The molecular formula is C25H26N2O2S2. The van der Waals surface area contributed by atoms with Crippen LogP contribution in [0.25, 0.3) is 0 Å². The highest BCUT2D eigenvalue weighted by molar-refractivity contribution is 7.16. The fraction of sp³-hybridized carbons (Fsp3) is 0.480. The van der Waals surface area contributed by atoms with Gasteiger partial charge in [0, 0.05) is 39.8 Å². The summed E-state index contributed by atoms with van der Waals surface area (Å²) in [5.74, 6) is 0.000923. The van der Waals surface area contributed by atoms with Crippen molar-refractivity contribution in [1.82, 2.24) is 0 Å². The summed E-state index contributed by atoms with van der Waals surface area (Å²) in [7, 11) is 0. The van der Waals surface area contributed by atoms with Crippen LogP contribution in [0.3, 0.4) is 0 Å². The zero-order valence-electron chi connectivity index (χ0n) is 18.2. The Hall–Kier alpha value is -2.23. The lowest BCUT2D eigenvalue weighted by Gasteiger charge is -2.42. The number of nitrogens with zero attached hydrogens (tertiary/aromatic N) is 2. The molecule has 2 aromatic rings. The highest BCUT2D eigenvalue weighted by atomic mass is 32.1. The molecule has 0 saturated heterocycles. The molecule has 6 heteroatoms. The van der Waals surface area contributed by atoms with Gasteiger partial charge in [0.2, 0.25) is 5.91 Å². The van der Waals surface area contributed by atoms with Crippen molar-refractivity contribution in [3.05, 3.63) is 49.2 Å². The number of anilines is 1. The molecule has 4 nitrogen and oxygen atoms in total. The van der Waals surface area contributed by atoms with Crippen LogP contribution in [0, 0.1) is 23.7 Å². The highest BCUT2D eigenvalue weighted by Crippen LogP contribution is 2.51. The number of thiophene rings is 2. The highest BCUT2D eigenvalue weighted by Gasteiger charge is 2.46. The van der Waals surface area contributed by atoms with Crippen molar-refractivity contribution in [1.29, 1.82) is 5.26 Å². The Morgan fingerprint density at radius 2 is 1.97 bits per heavy atom. The summed E-state index contributed by atoms with van der Waals surface area (Å²) < 4.78 is 0. The molecule has 1 unspecified atom stereocenters. The van der Waals surface area contributed by atoms with Crippen molar-refractivity contribution in [3.63, 3.8) is 0 Å². The zero-order chi connectivity index (χ0) is 21.9. The van der Waals surface area contributed by atoms with Crippen LogP contribution >= 0.6 is 22.7 Å². The van der Waals surface area contributed by atoms with E-state index in [1.807, 2.05) is 5.38 Å². The third-order valence-electron chi connectivity index (χ3n) is 6.83. The van der Waals surface area contributed by atoms with Crippen molar-refractivity contribution in [2.75, 3.05) is 4.90 Å². The molecule has 5 rings (SSSR count). The smallest absolute Gasteiger partial charge is 0.232 e. The lowest BCUT2D eigenvalue weighted by Crippen LogP contribution is -2.43. The molecule has 0 radical (unpaired) electrons. The molecule has 3 aliphatic rings. The number of nitriles is 1. The van der Waals surface area contributed by atoms with Crippen LogP contribution < -0.4 is 4.90 Å². The van der Waals surface area contributed by atoms with Gasteiger partial charge in [-0.1, -0.05) is 13.8 Å². The summed E-state index contributed by atoms with van der Waals surface area (Å²) in [4.78, 5) is 31.2. The maximum atomic E-state index is 13.6. The summed E-state index contributed by atoms with van der Waals surface area (Å²) in [5.41, 5.74) is 4.36. The van der Waals surface area contributed by atoms with Gasteiger partial charge in [0.15, 0.2) is 5.78 Å². The summed E-state index contributed by atoms with van der Waals surface area (Å²) in [6.07, 6.45) is 5.57. The van der Waals surface area contributed by atoms with E-state index in [4.69, 9.17) is 0 Å². The van der Waals surface area contributed by atoms with Crippen molar-refractivity contribution >= 4 is 39.4 Å². The van der Waals surface area contributed by atoms with E-state index in [9.17, 15) is 14.9 Å². The van der Waals surface area contributed by atoms with Crippen LogP contribution in [0.5, 0.6) is 0 Å². The van der Waals surface area contributed by atoms with Crippen molar-refractivity contribution < 1.29 is 9.59 Å². The van der Waals surface area contributed by atoms with Crippen LogP contribution in [-0.4, -0.2) is 11.7 Å². The number of aryl methyl sites for hydroxylation is 2. The molecule has 3 heterocycles. The van der Waals surface area contributed by atoms with Crippen molar-refractivity contribution in [2.45, 2.75) is 71.6 Å². The monoisotopic (exact) mass is 450 g/mol. The van der Waals surface area contributed by atoms with Crippen LogP contribution in [-0.2, 0) is 22.4 Å². The maximum absolute atomic E-state index is 13.6. The summed E-state index contributed by atoms with van der Waals surface area (Å²) in [6, 6.07) is 4.47. The van der Waals surface area contributed by atoms with E-state index in [1.165, 1.54) is 4.88 Å². The molecule has 0 saturated carbocycles. The Morgan fingerprint density at radius 3 is 2.68 bits per heavy atom. The Labute approximate surface area is 191 Å². The lowest BCUT2D eigenvalue weighted by molar-refractivity contribution is -0.120. The second kappa shape index (κ2) is 7.43. The number of hydrogen-bond donors (Lipinski definition) is 0. The second-order valence-corrected chi connectivity index (χ2v) is 11.8. The number of amides is 1. The molecule has 1 amide bonds. The molecule has 1 atom stereocenters. The van der Waals surface area contributed by atoms with Gasteiger partial charge >= 0.3 is 0 Å². The molecule has 0 N–H and O–H groups in total.